The van der Waals surface area contributed by atoms with E-state index >= 15 is 0 Å². The van der Waals surface area contributed by atoms with Gasteiger partial charge < -0.3 is 9.88 Å². The maximum Gasteiger partial charge on any atom is 0.324 e. The van der Waals surface area contributed by atoms with Crippen molar-refractivity contribution in [1.29, 1.82) is 0 Å². The van der Waals surface area contributed by atoms with Crippen molar-refractivity contribution in [3.05, 3.63) is 45.8 Å². The number of nitro groups is 1. The van der Waals surface area contributed by atoms with Crippen molar-refractivity contribution >= 4 is 16.3 Å². The fraction of sp³-hybridized carbons (Fsp3) is 0.364. The molecule has 0 radical (unpaired) electrons. The van der Waals surface area contributed by atoms with Crippen LogP contribution in [0.15, 0.2) is 30.9 Å². The molecule has 2 aromatic heterocycles. The SMILES string of the molecule is O=[N+]([O-])c1ccc(CNCCCn2ccnc2)s1. The number of thiophene rings is 1. The van der Waals surface area contributed by atoms with Gasteiger partial charge in [0.25, 0.3) is 0 Å². The van der Waals surface area contributed by atoms with Crippen LogP contribution in [0.25, 0.3) is 0 Å². The van der Waals surface area contributed by atoms with Gasteiger partial charge in [0, 0.05) is 36.4 Å². The van der Waals surface area contributed by atoms with Crippen LogP contribution < -0.4 is 5.32 Å². The van der Waals surface area contributed by atoms with Crippen molar-refractivity contribution in [3.63, 3.8) is 0 Å². The Bertz CT molecular complexity index is 495. The van der Waals surface area contributed by atoms with Crippen LogP contribution in [0.5, 0.6) is 0 Å². The van der Waals surface area contributed by atoms with Gasteiger partial charge in [-0.2, -0.15) is 0 Å². The molecular formula is C11H14N4O2S. The number of imidazole rings is 1. The number of aryl methyl sites for hydroxylation is 1. The summed E-state index contributed by atoms with van der Waals surface area (Å²) in [6, 6.07) is 3.35. The molecule has 0 aliphatic carbocycles. The van der Waals surface area contributed by atoms with Gasteiger partial charge in [0.05, 0.1) is 11.3 Å². The minimum Gasteiger partial charge on any atom is -0.337 e. The highest BCUT2D eigenvalue weighted by Crippen LogP contribution is 2.23. The third kappa shape index (κ3) is 3.64. The standard InChI is InChI=1S/C11H14N4O2S/c16-15(17)11-3-2-10(18-11)8-12-4-1-6-14-7-5-13-9-14/h2-3,5,7,9,12H,1,4,6,8H2. The third-order valence-electron chi connectivity index (χ3n) is 2.46. The summed E-state index contributed by atoms with van der Waals surface area (Å²) in [7, 11) is 0. The van der Waals surface area contributed by atoms with Gasteiger partial charge in [-0.1, -0.05) is 11.3 Å². The summed E-state index contributed by atoms with van der Waals surface area (Å²) in [5.74, 6) is 0. The van der Waals surface area contributed by atoms with Crippen LogP contribution in [0.2, 0.25) is 0 Å². The topological polar surface area (TPSA) is 73.0 Å². The molecule has 2 rings (SSSR count). The Morgan fingerprint density at radius 3 is 3.06 bits per heavy atom. The Morgan fingerprint density at radius 2 is 2.39 bits per heavy atom. The van der Waals surface area contributed by atoms with E-state index in [4.69, 9.17) is 0 Å². The van der Waals surface area contributed by atoms with Crippen LogP contribution in [0, 0.1) is 10.1 Å². The second-order valence-corrected chi connectivity index (χ2v) is 4.97. The first kappa shape index (κ1) is 12.7. The van der Waals surface area contributed by atoms with Gasteiger partial charge in [-0.05, 0) is 19.0 Å². The largest absolute Gasteiger partial charge is 0.337 e. The van der Waals surface area contributed by atoms with Gasteiger partial charge in [0.15, 0.2) is 0 Å². The van der Waals surface area contributed by atoms with E-state index in [0.29, 0.717) is 6.54 Å². The summed E-state index contributed by atoms with van der Waals surface area (Å²) in [5, 5.41) is 14.0. The number of nitrogens with one attached hydrogen (secondary N) is 1. The van der Waals surface area contributed by atoms with Crippen molar-refractivity contribution in [2.75, 3.05) is 6.54 Å². The summed E-state index contributed by atoms with van der Waals surface area (Å²) >= 11 is 1.22. The first-order valence-electron chi connectivity index (χ1n) is 5.65. The van der Waals surface area contributed by atoms with Gasteiger partial charge in [-0.3, -0.25) is 10.1 Å². The minimum absolute atomic E-state index is 0.199. The van der Waals surface area contributed by atoms with Crippen molar-refractivity contribution in [1.82, 2.24) is 14.9 Å². The molecule has 0 unspecified atom stereocenters. The molecular weight excluding hydrogens is 252 g/mol. The number of hydrogen-bond donors (Lipinski definition) is 1. The van der Waals surface area contributed by atoms with Crippen LogP contribution in [-0.4, -0.2) is 21.0 Å². The number of nitrogens with zero attached hydrogens (tertiary/aromatic N) is 3. The summed E-state index contributed by atoms with van der Waals surface area (Å²) in [6.07, 6.45) is 6.49. The molecule has 96 valence electrons. The molecule has 0 aliphatic heterocycles. The molecule has 0 saturated heterocycles. The Hall–Kier alpha value is -1.73. The molecule has 2 heterocycles. The monoisotopic (exact) mass is 266 g/mol. The highest BCUT2D eigenvalue weighted by atomic mass is 32.1. The minimum atomic E-state index is -0.354. The van der Waals surface area contributed by atoms with Crippen LogP contribution in [0.4, 0.5) is 5.00 Å². The van der Waals surface area contributed by atoms with E-state index in [9.17, 15) is 10.1 Å². The molecule has 7 heteroatoms. The fourth-order valence-electron chi connectivity index (χ4n) is 1.58. The average Bonchev–Trinajstić information content (AvgIpc) is 2.98. The van der Waals surface area contributed by atoms with Crippen molar-refractivity contribution in [2.45, 2.75) is 19.5 Å². The van der Waals surface area contributed by atoms with E-state index in [2.05, 4.69) is 10.3 Å². The van der Waals surface area contributed by atoms with Gasteiger partial charge in [0.2, 0.25) is 0 Å². The molecule has 0 amide bonds. The van der Waals surface area contributed by atoms with E-state index in [1.54, 1.807) is 24.7 Å². The number of rotatable bonds is 7. The molecule has 2 aromatic rings. The third-order valence-corrected chi connectivity index (χ3v) is 3.49. The summed E-state index contributed by atoms with van der Waals surface area (Å²) in [4.78, 5) is 15.1. The average molecular weight is 266 g/mol. The van der Waals surface area contributed by atoms with Crippen LogP contribution in [-0.2, 0) is 13.1 Å². The highest BCUT2D eigenvalue weighted by molar-refractivity contribution is 7.15. The second-order valence-electron chi connectivity index (χ2n) is 3.83. The maximum atomic E-state index is 10.5. The van der Waals surface area contributed by atoms with Gasteiger partial charge in [-0.25, -0.2) is 4.98 Å². The first-order valence-corrected chi connectivity index (χ1v) is 6.47. The number of aromatic nitrogens is 2. The van der Waals surface area contributed by atoms with E-state index in [0.717, 1.165) is 24.4 Å². The second kappa shape index (κ2) is 6.27. The van der Waals surface area contributed by atoms with Crippen molar-refractivity contribution in [2.24, 2.45) is 0 Å². The quantitative estimate of drug-likeness (QED) is 0.473. The zero-order valence-corrected chi connectivity index (χ0v) is 10.6. The summed E-state index contributed by atoms with van der Waals surface area (Å²) in [6.45, 7) is 2.49. The molecule has 0 saturated carbocycles. The lowest BCUT2D eigenvalue weighted by Gasteiger charge is -2.03. The Morgan fingerprint density at radius 1 is 1.50 bits per heavy atom. The Kier molecular flexibility index (Phi) is 4.43. The molecule has 0 aromatic carbocycles. The molecule has 0 aliphatic rings. The van der Waals surface area contributed by atoms with E-state index < -0.39 is 0 Å². The van der Waals surface area contributed by atoms with Gasteiger partial charge >= 0.3 is 5.00 Å². The predicted octanol–water partition coefficient (Wildman–Crippen LogP) is 2.03. The summed E-state index contributed by atoms with van der Waals surface area (Å²) in [5.41, 5.74) is 0. The number of hydrogen-bond acceptors (Lipinski definition) is 5. The lowest BCUT2D eigenvalue weighted by atomic mass is 10.4. The van der Waals surface area contributed by atoms with Crippen LogP contribution in [0.1, 0.15) is 11.3 Å². The predicted molar refractivity (Wildman–Crippen MR) is 69.5 cm³/mol. The van der Waals surface area contributed by atoms with Gasteiger partial charge in [0.1, 0.15) is 0 Å². The normalized spacial score (nSPS) is 10.7. The van der Waals surface area contributed by atoms with Crippen LogP contribution >= 0.6 is 11.3 Å². The van der Waals surface area contributed by atoms with Crippen molar-refractivity contribution in [3.8, 4) is 0 Å². The smallest absolute Gasteiger partial charge is 0.324 e. The molecule has 0 fully saturated rings. The molecule has 18 heavy (non-hydrogen) atoms. The fourth-order valence-corrected chi connectivity index (χ4v) is 2.37. The maximum absolute atomic E-state index is 10.5. The molecule has 0 bridgehead atoms. The molecule has 0 atom stereocenters. The zero-order valence-electron chi connectivity index (χ0n) is 9.78. The lowest BCUT2D eigenvalue weighted by Crippen LogP contribution is -2.15. The van der Waals surface area contributed by atoms with Crippen molar-refractivity contribution < 1.29 is 4.92 Å². The Labute approximate surface area is 108 Å². The molecule has 6 nitrogen and oxygen atoms in total. The molecule has 0 spiro atoms. The molecule has 1 N–H and O–H groups in total. The first-order chi connectivity index (χ1) is 8.75. The Balaban J connectivity index is 1.64. The van der Waals surface area contributed by atoms with Gasteiger partial charge in [-0.15, -0.1) is 0 Å². The zero-order chi connectivity index (χ0) is 12.8. The highest BCUT2D eigenvalue weighted by Gasteiger charge is 2.08. The van der Waals surface area contributed by atoms with E-state index in [1.807, 2.05) is 10.8 Å². The summed E-state index contributed by atoms with van der Waals surface area (Å²) < 4.78 is 2.03. The van der Waals surface area contributed by atoms with Crippen LogP contribution in [0.3, 0.4) is 0 Å². The van der Waals surface area contributed by atoms with E-state index in [1.165, 1.54) is 11.3 Å². The van der Waals surface area contributed by atoms with E-state index in [-0.39, 0.29) is 9.92 Å². The lowest BCUT2D eigenvalue weighted by molar-refractivity contribution is -0.380.